The van der Waals surface area contributed by atoms with Crippen molar-refractivity contribution in [3.05, 3.63) is 29.6 Å². The molecule has 7 nitrogen and oxygen atoms in total. The van der Waals surface area contributed by atoms with E-state index < -0.39 is 32.8 Å². The van der Waals surface area contributed by atoms with Gasteiger partial charge in [-0.25, -0.2) is 17.6 Å². The largest absolute Gasteiger partial charge is 0.449 e. The lowest BCUT2D eigenvalue weighted by Crippen LogP contribution is -2.38. The number of rotatable bonds is 5. The first kappa shape index (κ1) is 20.7. The highest BCUT2D eigenvalue weighted by atomic mass is 32.2. The molecule has 28 heavy (non-hydrogen) atoms. The van der Waals surface area contributed by atoms with Gasteiger partial charge in [0.15, 0.2) is 6.10 Å². The monoisotopic (exact) mass is 412 g/mol. The molecule has 1 amide bonds. The summed E-state index contributed by atoms with van der Waals surface area (Å²) >= 11 is 0. The number of carbonyl (C=O) groups excluding carboxylic acids is 2. The summed E-state index contributed by atoms with van der Waals surface area (Å²) in [6.45, 7) is 3.41. The Balaban J connectivity index is 1.76. The Morgan fingerprint density at radius 3 is 2.29 bits per heavy atom. The van der Waals surface area contributed by atoms with Crippen molar-refractivity contribution in [3.63, 3.8) is 0 Å². The summed E-state index contributed by atoms with van der Waals surface area (Å²) in [5, 5.41) is 0. The Kier molecular flexibility index (Phi) is 6.34. The Morgan fingerprint density at radius 2 is 1.64 bits per heavy atom. The van der Waals surface area contributed by atoms with Gasteiger partial charge in [-0.2, -0.15) is 4.31 Å². The zero-order valence-corrected chi connectivity index (χ0v) is 16.7. The summed E-state index contributed by atoms with van der Waals surface area (Å²) in [7, 11) is -4.03. The number of esters is 1. The molecule has 1 aromatic carbocycles. The van der Waals surface area contributed by atoms with E-state index in [1.54, 1.807) is 4.90 Å². The number of nitrogens with zero attached hydrogens (tertiary/aromatic N) is 2. The van der Waals surface area contributed by atoms with Crippen molar-refractivity contribution in [2.45, 2.75) is 50.0 Å². The van der Waals surface area contributed by atoms with Gasteiger partial charge in [0.25, 0.3) is 5.91 Å². The summed E-state index contributed by atoms with van der Waals surface area (Å²) in [5.74, 6) is -2.05. The van der Waals surface area contributed by atoms with Gasteiger partial charge in [0.1, 0.15) is 10.7 Å². The lowest BCUT2D eigenvalue weighted by Gasteiger charge is -2.26. The average molecular weight is 412 g/mol. The second-order valence-electron chi connectivity index (χ2n) is 7.19. The van der Waals surface area contributed by atoms with Crippen molar-refractivity contribution >= 4 is 21.9 Å². The maximum Gasteiger partial charge on any atom is 0.338 e. The molecule has 2 saturated heterocycles. The molecule has 9 heteroatoms. The van der Waals surface area contributed by atoms with Crippen molar-refractivity contribution in [3.8, 4) is 0 Å². The molecule has 0 saturated carbocycles. The summed E-state index contributed by atoms with van der Waals surface area (Å²) < 4.78 is 46.2. The molecule has 0 aliphatic carbocycles. The molecular weight excluding hydrogens is 387 g/mol. The molecule has 154 valence electrons. The lowest BCUT2D eigenvalue weighted by molar-refractivity contribution is -0.138. The molecule has 0 radical (unpaired) electrons. The van der Waals surface area contributed by atoms with E-state index in [1.807, 2.05) is 0 Å². The molecule has 1 aromatic rings. The topological polar surface area (TPSA) is 84.0 Å². The maximum atomic E-state index is 14.3. The third-order valence-electron chi connectivity index (χ3n) is 5.15. The van der Waals surface area contributed by atoms with E-state index in [4.69, 9.17) is 4.74 Å². The van der Waals surface area contributed by atoms with Gasteiger partial charge in [0.05, 0.1) is 5.56 Å². The van der Waals surface area contributed by atoms with Gasteiger partial charge in [-0.3, -0.25) is 4.79 Å². The number of halogens is 1. The van der Waals surface area contributed by atoms with E-state index in [-0.39, 0.29) is 11.5 Å². The van der Waals surface area contributed by atoms with Gasteiger partial charge >= 0.3 is 5.97 Å². The molecule has 1 atom stereocenters. The van der Waals surface area contributed by atoms with Gasteiger partial charge in [-0.1, -0.05) is 6.42 Å². The number of sulfonamides is 1. The lowest BCUT2D eigenvalue weighted by atomic mass is 10.2. The van der Waals surface area contributed by atoms with Gasteiger partial charge < -0.3 is 9.64 Å². The molecule has 0 bridgehead atoms. The van der Waals surface area contributed by atoms with Crippen LogP contribution in [-0.2, 0) is 19.6 Å². The van der Waals surface area contributed by atoms with E-state index in [2.05, 4.69) is 0 Å². The Morgan fingerprint density at radius 1 is 1.04 bits per heavy atom. The first-order valence-electron chi connectivity index (χ1n) is 9.60. The third kappa shape index (κ3) is 4.35. The summed E-state index contributed by atoms with van der Waals surface area (Å²) in [6, 6.07) is 3.11. The predicted molar refractivity (Wildman–Crippen MR) is 99.7 cm³/mol. The van der Waals surface area contributed by atoms with Crippen LogP contribution in [0.1, 0.15) is 49.4 Å². The van der Waals surface area contributed by atoms with Crippen molar-refractivity contribution in [2.24, 2.45) is 0 Å². The molecule has 0 N–H and O–H groups in total. The Labute approximate surface area is 164 Å². The number of hydrogen-bond donors (Lipinski definition) is 0. The number of carbonyl (C=O) groups is 2. The quantitative estimate of drug-likeness (QED) is 0.692. The zero-order valence-electron chi connectivity index (χ0n) is 15.9. The normalized spacial score (nSPS) is 19.4. The van der Waals surface area contributed by atoms with E-state index >= 15 is 0 Å². The minimum atomic E-state index is -4.03. The van der Waals surface area contributed by atoms with Crippen molar-refractivity contribution in [1.82, 2.24) is 9.21 Å². The van der Waals surface area contributed by atoms with Gasteiger partial charge in [0, 0.05) is 26.2 Å². The molecular formula is C19H25FN2O5S. The highest BCUT2D eigenvalue weighted by Crippen LogP contribution is 2.24. The summed E-state index contributed by atoms with van der Waals surface area (Å²) in [4.78, 5) is 25.8. The van der Waals surface area contributed by atoms with Crippen LogP contribution in [0.5, 0.6) is 0 Å². The van der Waals surface area contributed by atoms with E-state index in [0.29, 0.717) is 26.2 Å². The fourth-order valence-electron chi connectivity index (χ4n) is 3.55. The van der Waals surface area contributed by atoms with Crippen LogP contribution < -0.4 is 0 Å². The SMILES string of the molecule is CC(OC(=O)c1ccc(F)c(S(=O)(=O)N2CCCCC2)c1)C(=O)N1CCCC1. The molecule has 0 aromatic heterocycles. The second-order valence-corrected chi connectivity index (χ2v) is 9.10. The minimum Gasteiger partial charge on any atom is -0.449 e. The number of likely N-dealkylation sites (tertiary alicyclic amines) is 1. The number of ether oxygens (including phenoxy) is 1. The van der Waals surface area contributed by atoms with Crippen molar-refractivity contribution in [1.29, 1.82) is 0 Å². The molecule has 0 spiro atoms. The van der Waals surface area contributed by atoms with E-state index in [1.165, 1.54) is 17.3 Å². The fraction of sp³-hybridized carbons (Fsp3) is 0.579. The molecule has 2 heterocycles. The first-order valence-corrected chi connectivity index (χ1v) is 11.0. The maximum absolute atomic E-state index is 14.3. The zero-order chi connectivity index (χ0) is 20.3. The minimum absolute atomic E-state index is 0.0990. The highest BCUT2D eigenvalue weighted by molar-refractivity contribution is 7.89. The molecule has 2 aliphatic heterocycles. The van der Waals surface area contributed by atoms with Crippen LogP contribution in [0.15, 0.2) is 23.1 Å². The van der Waals surface area contributed by atoms with Crippen LogP contribution in [0.2, 0.25) is 0 Å². The number of benzene rings is 1. The van der Waals surface area contributed by atoms with Crippen LogP contribution in [-0.4, -0.2) is 61.8 Å². The third-order valence-corrected chi connectivity index (χ3v) is 7.06. The second kappa shape index (κ2) is 8.57. The Hall–Kier alpha value is -2.00. The van der Waals surface area contributed by atoms with Crippen molar-refractivity contribution in [2.75, 3.05) is 26.2 Å². The molecule has 3 rings (SSSR count). The average Bonchev–Trinajstić information content (AvgIpc) is 3.23. The molecule has 2 fully saturated rings. The van der Waals surface area contributed by atoms with E-state index in [0.717, 1.165) is 44.2 Å². The summed E-state index contributed by atoms with van der Waals surface area (Å²) in [5.41, 5.74) is -0.0990. The highest BCUT2D eigenvalue weighted by Gasteiger charge is 2.31. The fourth-order valence-corrected chi connectivity index (χ4v) is 5.15. The number of piperidine rings is 1. The van der Waals surface area contributed by atoms with Gasteiger partial charge in [-0.05, 0) is 50.8 Å². The Bertz CT molecular complexity index is 846. The molecule has 2 aliphatic rings. The molecule has 1 unspecified atom stereocenters. The van der Waals surface area contributed by atoms with E-state index in [9.17, 15) is 22.4 Å². The smallest absolute Gasteiger partial charge is 0.338 e. The first-order chi connectivity index (χ1) is 13.3. The number of hydrogen-bond acceptors (Lipinski definition) is 5. The van der Waals surface area contributed by atoms with Gasteiger partial charge in [-0.15, -0.1) is 0 Å². The van der Waals surface area contributed by atoms with Crippen LogP contribution in [0.25, 0.3) is 0 Å². The van der Waals surface area contributed by atoms with Crippen LogP contribution in [0.4, 0.5) is 4.39 Å². The van der Waals surface area contributed by atoms with Crippen LogP contribution in [0.3, 0.4) is 0 Å². The van der Waals surface area contributed by atoms with Crippen LogP contribution in [0, 0.1) is 5.82 Å². The van der Waals surface area contributed by atoms with Crippen molar-refractivity contribution < 1.29 is 27.1 Å². The summed E-state index contributed by atoms with van der Waals surface area (Å²) in [6.07, 6.45) is 3.23. The van der Waals surface area contributed by atoms with Crippen LogP contribution >= 0.6 is 0 Å². The number of amides is 1. The standard InChI is InChI=1S/C19H25FN2O5S/c1-14(18(23)21-9-5-6-10-21)27-19(24)15-7-8-16(20)17(13-15)28(25,26)22-11-3-2-4-12-22/h7-8,13-14H,2-6,9-12H2,1H3. The van der Waals surface area contributed by atoms with Gasteiger partial charge in [0.2, 0.25) is 10.0 Å². The predicted octanol–water partition coefficient (Wildman–Crippen LogP) is 2.17.